The first-order valence-electron chi connectivity index (χ1n) is 7.72. The molecule has 0 spiro atoms. The van der Waals surface area contributed by atoms with Gasteiger partial charge in [-0.2, -0.15) is 5.10 Å². The predicted molar refractivity (Wildman–Crippen MR) is 86.3 cm³/mol. The molecule has 1 aromatic carbocycles. The molecule has 24 heavy (non-hydrogen) atoms. The lowest BCUT2D eigenvalue weighted by Gasteiger charge is -2.32. The van der Waals surface area contributed by atoms with Crippen molar-refractivity contribution in [3.05, 3.63) is 47.3 Å². The first-order valence-corrected chi connectivity index (χ1v) is 7.72. The van der Waals surface area contributed by atoms with Crippen molar-refractivity contribution in [2.75, 3.05) is 19.8 Å². The summed E-state index contributed by atoms with van der Waals surface area (Å²) in [5, 5.41) is 13.6. The Bertz CT molecular complexity index is 784. The molecule has 7 nitrogen and oxygen atoms in total. The highest BCUT2D eigenvalue weighted by atomic mass is 16.5. The zero-order valence-electron chi connectivity index (χ0n) is 13.6. The number of hydrogen-bond donors (Lipinski definition) is 1. The van der Waals surface area contributed by atoms with Crippen LogP contribution in [-0.2, 0) is 9.53 Å². The van der Waals surface area contributed by atoms with Crippen molar-refractivity contribution in [1.82, 2.24) is 14.7 Å². The monoisotopic (exact) mass is 329 g/mol. The Labute approximate surface area is 139 Å². The lowest BCUT2D eigenvalue weighted by Crippen LogP contribution is -2.52. The summed E-state index contributed by atoms with van der Waals surface area (Å²) >= 11 is 0. The highest BCUT2D eigenvalue weighted by molar-refractivity contribution is 5.97. The molecule has 0 aliphatic carbocycles. The van der Waals surface area contributed by atoms with E-state index in [1.807, 2.05) is 31.2 Å². The average molecular weight is 329 g/mol. The van der Waals surface area contributed by atoms with Gasteiger partial charge in [-0.1, -0.05) is 12.1 Å². The molecule has 1 amide bonds. The number of hydrogen-bond acceptors (Lipinski definition) is 4. The van der Waals surface area contributed by atoms with Gasteiger partial charge in [0.05, 0.1) is 36.4 Å². The zero-order valence-corrected chi connectivity index (χ0v) is 13.6. The van der Waals surface area contributed by atoms with E-state index >= 15 is 0 Å². The highest BCUT2D eigenvalue weighted by Crippen LogP contribution is 2.19. The van der Waals surface area contributed by atoms with Crippen molar-refractivity contribution < 1.29 is 19.4 Å². The molecular formula is C17H19N3O4. The summed E-state index contributed by atoms with van der Waals surface area (Å²) in [5.41, 5.74) is 3.04. The molecule has 1 saturated heterocycles. The van der Waals surface area contributed by atoms with E-state index in [1.165, 1.54) is 11.1 Å². The topological polar surface area (TPSA) is 84.7 Å². The van der Waals surface area contributed by atoms with Gasteiger partial charge >= 0.3 is 5.97 Å². The van der Waals surface area contributed by atoms with Gasteiger partial charge in [0.2, 0.25) is 0 Å². The van der Waals surface area contributed by atoms with Crippen LogP contribution in [0.2, 0.25) is 0 Å². The van der Waals surface area contributed by atoms with Gasteiger partial charge in [0.1, 0.15) is 0 Å². The lowest BCUT2D eigenvalue weighted by molar-refractivity contribution is -0.147. The summed E-state index contributed by atoms with van der Waals surface area (Å²) in [6.45, 7) is 4.38. The van der Waals surface area contributed by atoms with E-state index in [0.29, 0.717) is 17.9 Å². The highest BCUT2D eigenvalue weighted by Gasteiger charge is 2.34. The van der Waals surface area contributed by atoms with Crippen LogP contribution in [0.5, 0.6) is 0 Å². The second kappa shape index (κ2) is 6.45. The molecule has 0 saturated carbocycles. The van der Waals surface area contributed by atoms with Crippen molar-refractivity contribution in [3.63, 3.8) is 0 Å². The molecule has 126 valence electrons. The van der Waals surface area contributed by atoms with E-state index in [0.717, 1.165) is 11.3 Å². The second-order valence-electron chi connectivity index (χ2n) is 5.82. The Morgan fingerprint density at radius 2 is 2.12 bits per heavy atom. The van der Waals surface area contributed by atoms with Crippen LogP contribution in [-0.4, -0.2) is 57.5 Å². The Morgan fingerprint density at radius 1 is 1.33 bits per heavy atom. The Kier molecular flexibility index (Phi) is 4.35. The fourth-order valence-electron chi connectivity index (χ4n) is 2.85. The number of aliphatic carboxylic acids is 1. The van der Waals surface area contributed by atoms with Gasteiger partial charge in [-0.3, -0.25) is 4.79 Å². The van der Waals surface area contributed by atoms with E-state index < -0.39 is 12.0 Å². The molecule has 0 bridgehead atoms. The van der Waals surface area contributed by atoms with Crippen LogP contribution in [0.1, 0.15) is 21.6 Å². The average Bonchev–Trinajstić information content (AvgIpc) is 2.95. The fourth-order valence-corrected chi connectivity index (χ4v) is 2.85. The van der Waals surface area contributed by atoms with Gasteiger partial charge in [0.15, 0.2) is 6.04 Å². The van der Waals surface area contributed by atoms with Gasteiger partial charge in [-0.25, -0.2) is 9.48 Å². The molecule has 1 aromatic heterocycles. The van der Waals surface area contributed by atoms with Gasteiger partial charge < -0.3 is 14.7 Å². The third-order valence-corrected chi connectivity index (χ3v) is 4.16. The molecule has 1 atom stereocenters. The number of morpholine rings is 1. The summed E-state index contributed by atoms with van der Waals surface area (Å²) in [5.74, 6) is -1.39. The summed E-state index contributed by atoms with van der Waals surface area (Å²) in [6, 6.07) is 6.84. The van der Waals surface area contributed by atoms with Crippen molar-refractivity contribution in [3.8, 4) is 5.69 Å². The van der Waals surface area contributed by atoms with Crippen molar-refractivity contribution in [2.24, 2.45) is 0 Å². The molecule has 2 heterocycles. The summed E-state index contributed by atoms with van der Waals surface area (Å²) in [6.07, 6.45) is 1.49. The smallest absolute Gasteiger partial charge is 0.328 e. The van der Waals surface area contributed by atoms with E-state index in [4.69, 9.17) is 4.74 Å². The van der Waals surface area contributed by atoms with Crippen molar-refractivity contribution in [1.29, 1.82) is 0 Å². The van der Waals surface area contributed by atoms with Crippen LogP contribution in [0.25, 0.3) is 5.69 Å². The first-order chi connectivity index (χ1) is 11.5. The number of amides is 1. The number of carbonyl (C=O) groups excluding carboxylic acids is 1. The second-order valence-corrected chi connectivity index (χ2v) is 5.82. The van der Waals surface area contributed by atoms with Crippen LogP contribution < -0.4 is 0 Å². The minimum absolute atomic E-state index is 0.00609. The normalized spacial score (nSPS) is 17.8. The molecular weight excluding hydrogens is 310 g/mol. The summed E-state index contributed by atoms with van der Waals surface area (Å²) < 4.78 is 6.87. The third kappa shape index (κ3) is 2.90. The van der Waals surface area contributed by atoms with Gasteiger partial charge in [0, 0.05) is 6.54 Å². The van der Waals surface area contributed by atoms with Crippen LogP contribution in [0.3, 0.4) is 0 Å². The molecule has 7 heteroatoms. The largest absolute Gasteiger partial charge is 0.480 e. The number of aryl methyl sites for hydroxylation is 1. The van der Waals surface area contributed by atoms with E-state index in [1.54, 1.807) is 11.6 Å². The van der Waals surface area contributed by atoms with Crippen LogP contribution in [0, 0.1) is 13.8 Å². The SMILES string of the molecule is Cc1cccc(-n2ncc(C(=O)N3CCOCC3C(=O)O)c2C)c1. The predicted octanol–water partition coefficient (Wildman–Crippen LogP) is 1.41. The molecule has 1 aliphatic rings. The number of aromatic nitrogens is 2. The summed E-state index contributed by atoms with van der Waals surface area (Å²) in [7, 11) is 0. The quantitative estimate of drug-likeness (QED) is 0.920. The van der Waals surface area contributed by atoms with Crippen LogP contribution >= 0.6 is 0 Å². The Hall–Kier alpha value is -2.67. The maximum Gasteiger partial charge on any atom is 0.328 e. The van der Waals surface area contributed by atoms with Crippen LogP contribution in [0.4, 0.5) is 0 Å². The minimum Gasteiger partial charge on any atom is -0.480 e. The molecule has 2 aromatic rings. The standard InChI is InChI=1S/C17H19N3O4/c1-11-4-3-5-13(8-11)20-12(2)14(9-18-20)16(21)19-6-7-24-10-15(19)17(22)23/h3-5,8-9,15H,6-7,10H2,1-2H3,(H,22,23). The molecule has 1 unspecified atom stereocenters. The lowest BCUT2D eigenvalue weighted by atomic mass is 10.1. The fraction of sp³-hybridized carbons (Fsp3) is 0.353. The van der Waals surface area contributed by atoms with E-state index in [-0.39, 0.29) is 19.1 Å². The number of ether oxygens (including phenoxy) is 1. The maximum atomic E-state index is 12.8. The first kappa shape index (κ1) is 16.2. The van der Waals surface area contributed by atoms with Gasteiger partial charge in [-0.05, 0) is 31.5 Å². The number of benzene rings is 1. The zero-order chi connectivity index (χ0) is 17.3. The van der Waals surface area contributed by atoms with E-state index in [2.05, 4.69) is 5.10 Å². The molecule has 1 fully saturated rings. The minimum atomic E-state index is -1.06. The molecule has 3 rings (SSSR count). The Morgan fingerprint density at radius 3 is 2.83 bits per heavy atom. The number of carboxylic acid groups (broad SMARTS) is 1. The summed E-state index contributed by atoms with van der Waals surface area (Å²) in [4.78, 5) is 25.5. The van der Waals surface area contributed by atoms with E-state index in [9.17, 15) is 14.7 Å². The molecule has 1 aliphatic heterocycles. The molecule has 1 N–H and O–H groups in total. The van der Waals surface area contributed by atoms with Gasteiger partial charge in [-0.15, -0.1) is 0 Å². The number of carbonyl (C=O) groups is 2. The van der Waals surface area contributed by atoms with Crippen molar-refractivity contribution in [2.45, 2.75) is 19.9 Å². The van der Waals surface area contributed by atoms with Crippen LogP contribution in [0.15, 0.2) is 30.5 Å². The number of nitrogens with zero attached hydrogens (tertiary/aromatic N) is 3. The third-order valence-electron chi connectivity index (χ3n) is 4.16. The number of carboxylic acids is 1. The maximum absolute atomic E-state index is 12.8. The Balaban J connectivity index is 1.92. The number of rotatable bonds is 3. The molecule has 0 radical (unpaired) electrons. The van der Waals surface area contributed by atoms with Gasteiger partial charge in [0.25, 0.3) is 5.91 Å². The van der Waals surface area contributed by atoms with Crippen molar-refractivity contribution >= 4 is 11.9 Å².